The standard InChI is InChI=1S/C21H20ClNO5/c1-12(2)20(13-3-6-15(22)7-4-13)21(26)28-10-17(24)14-5-8-18-16(9-14)23-19(25)11-27-18/h3-9,12,20H,10-11H2,1-2H3,(H,23,25)/t20-/m0/s1. The zero-order valence-electron chi connectivity index (χ0n) is 15.5. The minimum atomic E-state index is -0.499. The highest BCUT2D eigenvalue weighted by Crippen LogP contribution is 2.29. The zero-order chi connectivity index (χ0) is 20.3. The predicted octanol–water partition coefficient (Wildman–Crippen LogP) is 3.84. The first kappa shape index (κ1) is 19.9. The molecule has 0 aliphatic carbocycles. The molecule has 7 heteroatoms. The van der Waals surface area contributed by atoms with E-state index in [9.17, 15) is 14.4 Å². The Labute approximate surface area is 167 Å². The second-order valence-corrected chi connectivity index (χ2v) is 7.29. The topological polar surface area (TPSA) is 81.7 Å². The van der Waals surface area contributed by atoms with Crippen LogP contribution in [-0.4, -0.2) is 30.9 Å². The van der Waals surface area contributed by atoms with Gasteiger partial charge in [0.1, 0.15) is 5.75 Å². The first-order chi connectivity index (χ1) is 13.3. The lowest BCUT2D eigenvalue weighted by molar-refractivity contribution is -0.145. The molecule has 2 aromatic carbocycles. The fourth-order valence-electron chi connectivity index (χ4n) is 3.03. The van der Waals surface area contributed by atoms with E-state index in [1.54, 1.807) is 36.4 Å². The van der Waals surface area contributed by atoms with Crippen LogP contribution < -0.4 is 10.1 Å². The number of amides is 1. The van der Waals surface area contributed by atoms with Gasteiger partial charge >= 0.3 is 5.97 Å². The Kier molecular flexibility index (Phi) is 5.99. The van der Waals surface area contributed by atoms with Gasteiger partial charge in [-0.3, -0.25) is 14.4 Å². The van der Waals surface area contributed by atoms with Crippen molar-refractivity contribution in [3.05, 3.63) is 58.6 Å². The number of ketones is 1. The van der Waals surface area contributed by atoms with E-state index in [4.69, 9.17) is 21.1 Å². The summed E-state index contributed by atoms with van der Waals surface area (Å²) in [5.74, 6) is -1.14. The maximum absolute atomic E-state index is 12.6. The van der Waals surface area contributed by atoms with E-state index < -0.39 is 11.9 Å². The van der Waals surface area contributed by atoms with Gasteiger partial charge in [-0.05, 0) is 41.8 Å². The highest BCUT2D eigenvalue weighted by Gasteiger charge is 2.27. The molecule has 28 heavy (non-hydrogen) atoms. The molecule has 1 atom stereocenters. The second kappa shape index (κ2) is 8.44. The number of anilines is 1. The van der Waals surface area contributed by atoms with Gasteiger partial charge in [-0.25, -0.2) is 0 Å². The number of esters is 1. The number of hydrogen-bond donors (Lipinski definition) is 1. The summed E-state index contributed by atoms with van der Waals surface area (Å²) >= 11 is 5.91. The number of benzene rings is 2. The van der Waals surface area contributed by atoms with E-state index in [0.29, 0.717) is 22.0 Å². The van der Waals surface area contributed by atoms with Crippen LogP contribution in [0.15, 0.2) is 42.5 Å². The summed E-state index contributed by atoms with van der Waals surface area (Å²) in [7, 11) is 0. The number of halogens is 1. The molecule has 3 rings (SSSR count). The Morgan fingerprint density at radius 1 is 1.18 bits per heavy atom. The summed E-state index contributed by atoms with van der Waals surface area (Å²) in [5, 5.41) is 3.23. The molecule has 1 aliphatic rings. The van der Waals surface area contributed by atoms with Gasteiger partial charge in [-0.1, -0.05) is 37.6 Å². The number of ether oxygens (including phenoxy) is 2. The number of carbonyl (C=O) groups excluding carboxylic acids is 3. The van der Waals surface area contributed by atoms with E-state index in [1.165, 1.54) is 6.07 Å². The second-order valence-electron chi connectivity index (χ2n) is 6.85. The van der Waals surface area contributed by atoms with Crippen molar-refractivity contribution in [1.82, 2.24) is 0 Å². The lowest BCUT2D eigenvalue weighted by Gasteiger charge is -2.20. The lowest BCUT2D eigenvalue weighted by atomic mass is 9.88. The molecular weight excluding hydrogens is 382 g/mol. The van der Waals surface area contributed by atoms with Gasteiger partial charge in [0.2, 0.25) is 0 Å². The van der Waals surface area contributed by atoms with Crippen LogP contribution in [-0.2, 0) is 14.3 Å². The molecule has 0 bridgehead atoms. The van der Waals surface area contributed by atoms with E-state index in [-0.39, 0.29) is 30.8 Å². The molecule has 146 valence electrons. The number of nitrogens with one attached hydrogen (secondary N) is 1. The van der Waals surface area contributed by atoms with Crippen LogP contribution in [0.4, 0.5) is 5.69 Å². The molecule has 0 radical (unpaired) electrons. The van der Waals surface area contributed by atoms with E-state index in [0.717, 1.165) is 5.56 Å². The predicted molar refractivity (Wildman–Crippen MR) is 105 cm³/mol. The molecule has 1 N–H and O–H groups in total. The van der Waals surface area contributed by atoms with Gasteiger partial charge in [0.25, 0.3) is 5.91 Å². The van der Waals surface area contributed by atoms with Crippen molar-refractivity contribution in [3.8, 4) is 5.75 Å². The summed E-state index contributed by atoms with van der Waals surface area (Å²) in [5.41, 5.74) is 1.53. The van der Waals surface area contributed by atoms with Crippen molar-refractivity contribution in [2.75, 3.05) is 18.5 Å². The van der Waals surface area contributed by atoms with Crippen LogP contribution in [0, 0.1) is 5.92 Å². The highest BCUT2D eigenvalue weighted by atomic mass is 35.5. The number of Topliss-reactive ketones (excluding diaryl/α,β-unsaturated/α-hetero) is 1. The average molecular weight is 402 g/mol. The van der Waals surface area contributed by atoms with Crippen LogP contribution in [0.25, 0.3) is 0 Å². The number of hydrogen-bond acceptors (Lipinski definition) is 5. The van der Waals surface area contributed by atoms with Gasteiger partial charge < -0.3 is 14.8 Å². The fourth-order valence-corrected chi connectivity index (χ4v) is 3.16. The number of carbonyl (C=O) groups is 3. The zero-order valence-corrected chi connectivity index (χ0v) is 16.3. The number of fused-ring (bicyclic) bond motifs is 1. The Morgan fingerprint density at radius 2 is 1.89 bits per heavy atom. The summed E-state index contributed by atoms with van der Waals surface area (Å²) in [6.45, 7) is 3.38. The third kappa shape index (κ3) is 4.51. The molecule has 0 saturated carbocycles. The van der Waals surface area contributed by atoms with Crippen molar-refractivity contribution in [1.29, 1.82) is 0 Å². The summed E-state index contributed by atoms with van der Waals surface area (Å²) in [6.07, 6.45) is 0. The van der Waals surface area contributed by atoms with Crippen LogP contribution in [0.3, 0.4) is 0 Å². The molecule has 2 aromatic rings. The monoisotopic (exact) mass is 401 g/mol. The first-order valence-electron chi connectivity index (χ1n) is 8.87. The Morgan fingerprint density at radius 3 is 2.57 bits per heavy atom. The van der Waals surface area contributed by atoms with Gasteiger partial charge in [0, 0.05) is 10.6 Å². The van der Waals surface area contributed by atoms with Crippen molar-refractivity contribution < 1.29 is 23.9 Å². The van der Waals surface area contributed by atoms with Crippen LogP contribution in [0.5, 0.6) is 5.75 Å². The van der Waals surface area contributed by atoms with Gasteiger partial charge in [-0.15, -0.1) is 0 Å². The van der Waals surface area contributed by atoms with Crippen LogP contribution >= 0.6 is 11.6 Å². The third-order valence-electron chi connectivity index (χ3n) is 4.43. The molecule has 1 amide bonds. The molecule has 0 unspecified atom stereocenters. The van der Waals surface area contributed by atoms with Crippen molar-refractivity contribution in [2.45, 2.75) is 19.8 Å². The average Bonchev–Trinajstić information content (AvgIpc) is 2.67. The minimum absolute atomic E-state index is 0.0140. The molecule has 1 aliphatic heterocycles. The van der Waals surface area contributed by atoms with Gasteiger partial charge in [-0.2, -0.15) is 0 Å². The normalized spacial score (nSPS) is 13.9. The largest absolute Gasteiger partial charge is 0.482 e. The highest BCUT2D eigenvalue weighted by molar-refractivity contribution is 6.30. The Balaban J connectivity index is 1.67. The molecule has 1 heterocycles. The van der Waals surface area contributed by atoms with Gasteiger partial charge in [0.05, 0.1) is 11.6 Å². The fraction of sp³-hybridized carbons (Fsp3) is 0.286. The molecule has 6 nitrogen and oxygen atoms in total. The van der Waals surface area contributed by atoms with E-state index in [2.05, 4.69) is 5.32 Å². The molecule has 0 saturated heterocycles. The van der Waals surface area contributed by atoms with Crippen LogP contribution in [0.1, 0.15) is 35.7 Å². The smallest absolute Gasteiger partial charge is 0.314 e. The van der Waals surface area contributed by atoms with E-state index in [1.807, 2.05) is 13.8 Å². The lowest BCUT2D eigenvalue weighted by Crippen LogP contribution is -2.26. The minimum Gasteiger partial charge on any atom is -0.482 e. The molecule has 0 aromatic heterocycles. The van der Waals surface area contributed by atoms with E-state index >= 15 is 0 Å². The Hall–Kier alpha value is -2.86. The summed E-state index contributed by atoms with van der Waals surface area (Å²) in [6, 6.07) is 11.7. The quantitative estimate of drug-likeness (QED) is 0.587. The van der Waals surface area contributed by atoms with Crippen molar-refractivity contribution in [3.63, 3.8) is 0 Å². The molecular formula is C21H20ClNO5. The maximum Gasteiger partial charge on any atom is 0.314 e. The van der Waals surface area contributed by atoms with Crippen molar-refractivity contribution >= 4 is 34.9 Å². The summed E-state index contributed by atoms with van der Waals surface area (Å²) in [4.78, 5) is 36.5. The van der Waals surface area contributed by atoms with Crippen LogP contribution in [0.2, 0.25) is 5.02 Å². The number of rotatable bonds is 6. The van der Waals surface area contributed by atoms with Gasteiger partial charge in [0.15, 0.2) is 19.0 Å². The summed E-state index contributed by atoms with van der Waals surface area (Å²) < 4.78 is 10.6. The Bertz CT molecular complexity index is 908. The molecule has 0 fully saturated rings. The van der Waals surface area contributed by atoms with Crippen molar-refractivity contribution in [2.24, 2.45) is 5.92 Å². The first-order valence-corrected chi connectivity index (χ1v) is 9.25. The molecule has 0 spiro atoms. The third-order valence-corrected chi connectivity index (χ3v) is 4.68. The maximum atomic E-state index is 12.6. The SMILES string of the molecule is CC(C)[C@H](C(=O)OCC(=O)c1ccc2c(c1)NC(=O)CO2)c1ccc(Cl)cc1.